The summed E-state index contributed by atoms with van der Waals surface area (Å²) in [5, 5.41) is 3.63. The van der Waals surface area contributed by atoms with Gasteiger partial charge in [0, 0.05) is 23.2 Å². The van der Waals surface area contributed by atoms with E-state index in [1.165, 1.54) is 22.2 Å². The highest BCUT2D eigenvalue weighted by Gasteiger charge is 2.13. The first-order valence-corrected chi connectivity index (χ1v) is 8.71. The van der Waals surface area contributed by atoms with Crippen LogP contribution < -0.4 is 10.2 Å². The molecule has 0 atom stereocenters. The van der Waals surface area contributed by atoms with Crippen molar-refractivity contribution in [2.24, 2.45) is 0 Å². The number of hydrogen-bond acceptors (Lipinski definition) is 7. The molecule has 26 heavy (non-hydrogen) atoms. The van der Waals surface area contributed by atoms with Crippen molar-refractivity contribution in [3.8, 4) is 16.6 Å². The van der Waals surface area contributed by atoms with Gasteiger partial charge in [-0.1, -0.05) is 11.6 Å². The van der Waals surface area contributed by atoms with Crippen molar-refractivity contribution < 1.29 is 9.53 Å². The van der Waals surface area contributed by atoms with Crippen LogP contribution >= 0.6 is 22.9 Å². The Bertz CT molecular complexity index is 1110. The van der Waals surface area contributed by atoms with E-state index < -0.39 is 6.09 Å². The van der Waals surface area contributed by atoms with Crippen LogP contribution in [0.15, 0.2) is 42.3 Å². The van der Waals surface area contributed by atoms with Crippen LogP contribution in [0.5, 0.6) is 5.75 Å². The number of amides is 1. The minimum Gasteiger partial charge on any atom is -0.406 e. The molecule has 4 rings (SSSR count). The summed E-state index contributed by atoms with van der Waals surface area (Å²) in [4.78, 5) is 28.8. The lowest BCUT2D eigenvalue weighted by Crippen LogP contribution is -2.25. The van der Waals surface area contributed by atoms with Gasteiger partial charge in [0.15, 0.2) is 16.6 Å². The van der Waals surface area contributed by atoms with Gasteiger partial charge in [-0.25, -0.2) is 25.2 Å². The molecule has 0 aliphatic heterocycles. The molecule has 8 nitrogen and oxygen atoms in total. The van der Waals surface area contributed by atoms with E-state index in [0.29, 0.717) is 21.7 Å². The molecule has 4 heterocycles. The molecular weight excluding hydrogens is 376 g/mol. The normalized spacial score (nSPS) is 10.8. The van der Waals surface area contributed by atoms with Gasteiger partial charge in [0.1, 0.15) is 5.15 Å². The van der Waals surface area contributed by atoms with Gasteiger partial charge in [0.2, 0.25) is 0 Å². The zero-order valence-corrected chi connectivity index (χ0v) is 15.0. The van der Waals surface area contributed by atoms with E-state index in [2.05, 4.69) is 25.4 Å². The molecule has 130 valence electrons. The average Bonchev–Trinajstić information content (AvgIpc) is 3.24. The third kappa shape index (κ3) is 3.22. The number of carbonyl (C=O) groups excluding carboxylic acids is 1. The fourth-order valence-electron chi connectivity index (χ4n) is 2.31. The molecule has 0 aliphatic rings. The lowest BCUT2D eigenvalue weighted by Gasteiger charge is -2.10. The second-order valence-corrected chi connectivity index (χ2v) is 6.49. The van der Waals surface area contributed by atoms with Crippen LogP contribution in [0, 0.1) is 6.92 Å². The fraction of sp³-hybridized carbons (Fsp3) is 0.0625. The molecule has 4 aromatic heterocycles. The molecule has 1 N–H and O–H groups in total. The minimum atomic E-state index is -0.664. The summed E-state index contributed by atoms with van der Waals surface area (Å²) in [5.41, 5.74) is 3.89. The summed E-state index contributed by atoms with van der Waals surface area (Å²) in [7, 11) is 0. The largest absolute Gasteiger partial charge is 0.432 e. The molecule has 0 saturated heterocycles. The lowest BCUT2D eigenvalue weighted by atomic mass is 10.3. The highest BCUT2D eigenvalue weighted by Crippen LogP contribution is 2.25. The van der Waals surface area contributed by atoms with E-state index >= 15 is 0 Å². The number of thiazole rings is 1. The SMILES string of the molecule is Cc1nc(-c2nc(Cl)cs2)ncc1OC(=O)Nn1ccc2ccncc21. The minimum absolute atomic E-state index is 0.253. The lowest BCUT2D eigenvalue weighted by molar-refractivity contribution is 0.211. The molecule has 0 radical (unpaired) electrons. The number of hydrogen-bond donors (Lipinski definition) is 1. The van der Waals surface area contributed by atoms with Gasteiger partial charge in [-0.2, -0.15) is 0 Å². The van der Waals surface area contributed by atoms with E-state index in [-0.39, 0.29) is 5.75 Å². The topological polar surface area (TPSA) is 94.8 Å². The van der Waals surface area contributed by atoms with Crippen molar-refractivity contribution in [2.75, 3.05) is 5.43 Å². The summed E-state index contributed by atoms with van der Waals surface area (Å²) in [6.07, 6.45) is 5.82. The Morgan fingerprint density at radius 2 is 2.19 bits per heavy atom. The van der Waals surface area contributed by atoms with E-state index in [9.17, 15) is 4.79 Å². The first kappa shape index (κ1) is 16.4. The number of halogens is 1. The summed E-state index contributed by atoms with van der Waals surface area (Å²) in [5.74, 6) is 0.679. The van der Waals surface area contributed by atoms with Crippen molar-refractivity contribution in [1.82, 2.24) is 24.6 Å². The van der Waals surface area contributed by atoms with Crippen molar-refractivity contribution in [3.63, 3.8) is 0 Å². The number of fused-ring (bicyclic) bond motifs is 1. The van der Waals surface area contributed by atoms with Gasteiger partial charge in [0.05, 0.1) is 23.6 Å². The van der Waals surface area contributed by atoms with Gasteiger partial charge in [0.25, 0.3) is 0 Å². The third-order valence-corrected chi connectivity index (χ3v) is 4.67. The Morgan fingerprint density at radius 3 is 2.96 bits per heavy atom. The quantitative estimate of drug-likeness (QED) is 0.577. The maximum Gasteiger partial charge on any atom is 0.432 e. The van der Waals surface area contributed by atoms with Gasteiger partial charge >= 0.3 is 6.09 Å². The number of nitrogens with one attached hydrogen (secondary N) is 1. The molecule has 0 spiro atoms. The maximum atomic E-state index is 12.2. The second kappa shape index (κ2) is 6.70. The Balaban J connectivity index is 1.50. The monoisotopic (exact) mass is 386 g/mol. The Hall–Kier alpha value is -3.04. The van der Waals surface area contributed by atoms with Gasteiger partial charge in [-0.05, 0) is 19.1 Å². The first-order valence-electron chi connectivity index (χ1n) is 7.45. The number of aromatic nitrogens is 5. The van der Waals surface area contributed by atoms with Crippen molar-refractivity contribution in [2.45, 2.75) is 6.92 Å². The van der Waals surface area contributed by atoms with Crippen LogP contribution in [-0.4, -0.2) is 30.7 Å². The van der Waals surface area contributed by atoms with Crippen molar-refractivity contribution >= 4 is 39.9 Å². The Labute approximate surface area is 156 Å². The summed E-state index contributed by atoms with van der Waals surface area (Å²) in [6, 6.07) is 3.71. The van der Waals surface area contributed by atoms with Crippen LogP contribution in [0.3, 0.4) is 0 Å². The highest BCUT2D eigenvalue weighted by atomic mass is 35.5. The number of ether oxygens (including phenoxy) is 1. The number of pyridine rings is 1. The standard InChI is InChI=1S/C16H11ClN6O2S/c1-9-12(7-19-14(20-9)15-21-13(17)8-26-15)25-16(24)22-23-5-3-10-2-4-18-6-11(10)23/h2-8H,1H3,(H,22,24). The first-order chi connectivity index (χ1) is 12.6. The zero-order chi connectivity index (χ0) is 18.1. The molecular formula is C16H11ClN6O2S. The van der Waals surface area contributed by atoms with Crippen LogP contribution in [0.4, 0.5) is 4.79 Å². The molecule has 0 fully saturated rings. The third-order valence-electron chi connectivity index (χ3n) is 3.51. The van der Waals surface area contributed by atoms with E-state index in [4.69, 9.17) is 16.3 Å². The van der Waals surface area contributed by atoms with Crippen LogP contribution in [0.1, 0.15) is 5.69 Å². The predicted molar refractivity (Wildman–Crippen MR) is 98.0 cm³/mol. The van der Waals surface area contributed by atoms with Gasteiger partial charge in [-0.15, -0.1) is 11.3 Å². The maximum absolute atomic E-state index is 12.2. The molecule has 10 heteroatoms. The average molecular weight is 387 g/mol. The highest BCUT2D eigenvalue weighted by molar-refractivity contribution is 7.13. The van der Waals surface area contributed by atoms with Crippen LogP contribution in [0.2, 0.25) is 5.15 Å². The second-order valence-electron chi connectivity index (χ2n) is 5.24. The smallest absolute Gasteiger partial charge is 0.406 e. The number of aryl methyl sites for hydroxylation is 1. The molecule has 0 saturated carbocycles. The number of carbonyl (C=O) groups is 1. The molecule has 4 aromatic rings. The summed E-state index contributed by atoms with van der Waals surface area (Å²) >= 11 is 7.16. The number of rotatable bonds is 3. The Kier molecular flexibility index (Phi) is 4.23. The van der Waals surface area contributed by atoms with Crippen molar-refractivity contribution in [1.29, 1.82) is 0 Å². The molecule has 0 bridgehead atoms. The van der Waals surface area contributed by atoms with Gasteiger partial charge < -0.3 is 4.74 Å². The van der Waals surface area contributed by atoms with E-state index in [0.717, 1.165) is 10.9 Å². The van der Waals surface area contributed by atoms with Crippen LogP contribution in [-0.2, 0) is 0 Å². The summed E-state index contributed by atoms with van der Waals surface area (Å²) in [6.45, 7) is 1.72. The van der Waals surface area contributed by atoms with E-state index in [1.54, 1.807) is 30.9 Å². The summed E-state index contributed by atoms with van der Waals surface area (Å²) < 4.78 is 6.84. The van der Waals surface area contributed by atoms with Gasteiger partial charge in [-0.3, -0.25) is 9.66 Å². The Morgan fingerprint density at radius 1 is 1.31 bits per heavy atom. The molecule has 1 amide bonds. The molecule has 0 aromatic carbocycles. The fourth-order valence-corrected chi connectivity index (χ4v) is 3.19. The zero-order valence-electron chi connectivity index (χ0n) is 13.4. The predicted octanol–water partition coefficient (Wildman–Crippen LogP) is 3.65. The molecule has 0 aliphatic carbocycles. The van der Waals surface area contributed by atoms with E-state index in [1.807, 2.05) is 12.1 Å². The van der Waals surface area contributed by atoms with Crippen molar-refractivity contribution in [3.05, 3.63) is 53.1 Å². The molecule has 0 unspecified atom stereocenters. The van der Waals surface area contributed by atoms with Crippen LogP contribution in [0.25, 0.3) is 21.7 Å². The number of nitrogens with zero attached hydrogens (tertiary/aromatic N) is 5.